The molecule has 0 amide bonds. The van der Waals surface area contributed by atoms with E-state index in [1.54, 1.807) is 11.3 Å². The molecule has 4 heteroatoms. The van der Waals surface area contributed by atoms with E-state index in [0.29, 0.717) is 5.92 Å². The second kappa shape index (κ2) is 5.16. The van der Waals surface area contributed by atoms with Crippen LogP contribution in [0, 0.1) is 0 Å². The molecule has 18 heavy (non-hydrogen) atoms. The van der Waals surface area contributed by atoms with E-state index < -0.39 is 0 Å². The Kier molecular flexibility index (Phi) is 3.39. The maximum absolute atomic E-state index is 4.36. The van der Waals surface area contributed by atoms with Gasteiger partial charge in [0.2, 0.25) is 0 Å². The molecule has 2 aromatic rings. The van der Waals surface area contributed by atoms with Crippen LogP contribution in [-0.4, -0.2) is 23.8 Å². The lowest BCUT2D eigenvalue weighted by Gasteiger charge is -2.27. The van der Waals surface area contributed by atoms with E-state index in [9.17, 15) is 0 Å². The third kappa shape index (κ3) is 2.18. The van der Waals surface area contributed by atoms with Gasteiger partial charge in [-0.25, -0.2) is 0 Å². The largest absolute Gasteiger partial charge is 0.320 e. The van der Waals surface area contributed by atoms with Crippen molar-refractivity contribution in [3.8, 4) is 0 Å². The van der Waals surface area contributed by atoms with Crippen molar-refractivity contribution in [1.29, 1.82) is 0 Å². The molecule has 1 aromatic carbocycles. The minimum Gasteiger partial charge on any atom is -0.320 e. The van der Waals surface area contributed by atoms with Crippen molar-refractivity contribution in [3.05, 3.63) is 45.4 Å². The summed E-state index contributed by atoms with van der Waals surface area (Å²) in [6.45, 7) is 1.04. The monoisotopic (exact) mass is 259 g/mol. The Hall–Kier alpha value is -1.26. The van der Waals surface area contributed by atoms with E-state index in [2.05, 4.69) is 39.8 Å². The van der Waals surface area contributed by atoms with Gasteiger partial charge < -0.3 is 5.32 Å². The fourth-order valence-electron chi connectivity index (χ4n) is 2.40. The molecule has 1 unspecified atom stereocenters. The van der Waals surface area contributed by atoms with E-state index >= 15 is 0 Å². The Labute approximate surface area is 111 Å². The highest BCUT2D eigenvalue weighted by Gasteiger charge is 2.29. The standard InChI is InChI=1S/C14H17N3S/c1-15-8-4-7-13-16-17-14(18-13)12-9-10-5-2-3-6-11(10)12/h2-3,5-6,12,15H,4,7-9H2,1H3. The van der Waals surface area contributed by atoms with Gasteiger partial charge in [0, 0.05) is 12.3 Å². The third-order valence-electron chi connectivity index (χ3n) is 3.45. The van der Waals surface area contributed by atoms with E-state index in [1.165, 1.54) is 21.1 Å². The average Bonchev–Trinajstić information content (AvgIpc) is 2.80. The van der Waals surface area contributed by atoms with Crippen molar-refractivity contribution in [2.24, 2.45) is 0 Å². The number of aromatic nitrogens is 2. The lowest BCUT2D eigenvalue weighted by molar-refractivity contribution is 0.687. The third-order valence-corrected chi connectivity index (χ3v) is 4.55. The summed E-state index contributed by atoms with van der Waals surface area (Å²) in [6.07, 6.45) is 3.29. The molecule has 0 fully saturated rings. The van der Waals surface area contributed by atoms with E-state index in [1.807, 2.05) is 7.05 Å². The van der Waals surface area contributed by atoms with E-state index in [4.69, 9.17) is 0 Å². The highest BCUT2D eigenvalue weighted by molar-refractivity contribution is 7.11. The number of hydrogen-bond donors (Lipinski definition) is 1. The van der Waals surface area contributed by atoms with Gasteiger partial charge in [-0.05, 0) is 37.6 Å². The molecule has 3 rings (SSSR count). The molecule has 0 bridgehead atoms. The maximum Gasteiger partial charge on any atom is 0.125 e. The highest BCUT2D eigenvalue weighted by Crippen LogP contribution is 2.40. The second-order valence-electron chi connectivity index (χ2n) is 4.70. The van der Waals surface area contributed by atoms with Gasteiger partial charge in [-0.1, -0.05) is 24.3 Å². The molecule has 1 atom stereocenters. The van der Waals surface area contributed by atoms with Crippen LogP contribution in [0.15, 0.2) is 24.3 Å². The Morgan fingerprint density at radius 3 is 3.06 bits per heavy atom. The molecule has 1 heterocycles. The molecular weight excluding hydrogens is 242 g/mol. The van der Waals surface area contributed by atoms with Gasteiger partial charge in [-0.3, -0.25) is 0 Å². The minimum absolute atomic E-state index is 0.497. The number of fused-ring (bicyclic) bond motifs is 1. The Bertz CT molecular complexity index is 535. The summed E-state index contributed by atoms with van der Waals surface area (Å²) < 4.78 is 0. The zero-order valence-corrected chi connectivity index (χ0v) is 11.3. The van der Waals surface area contributed by atoms with Crippen LogP contribution in [-0.2, 0) is 12.8 Å². The van der Waals surface area contributed by atoms with Crippen LogP contribution in [0.2, 0.25) is 0 Å². The van der Waals surface area contributed by atoms with Crippen molar-refractivity contribution < 1.29 is 0 Å². The number of aryl methyl sites for hydroxylation is 1. The van der Waals surface area contributed by atoms with Crippen LogP contribution < -0.4 is 5.32 Å². The molecule has 0 aliphatic heterocycles. The predicted molar refractivity (Wildman–Crippen MR) is 74.1 cm³/mol. The molecule has 0 saturated heterocycles. The first-order chi connectivity index (χ1) is 8.88. The first-order valence-corrected chi connectivity index (χ1v) is 7.25. The van der Waals surface area contributed by atoms with Gasteiger partial charge in [0.1, 0.15) is 10.0 Å². The molecule has 1 N–H and O–H groups in total. The zero-order chi connectivity index (χ0) is 12.4. The summed E-state index contributed by atoms with van der Waals surface area (Å²) in [6, 6.07) is 8.64. The van der Waals surface area contributed by atoms with Crippen LogP contribution >= 0.6 is 11.3 Å². The Morgan fingerprint density at radius 2 is 2.22 bits per heavy atom. The fraction of sp³-hybridized carbons (Fsp3) is 0.429. The predicted octanol–water partition coefficient (Wildman–Crippen LogP) is 2.38. The summed E-state index contributed by atoms with van der Waals surface area (Å²) in [7, 11) is 1.98. The SMILES string of the molecule is CNCCCc1nnc(C2Cc3ccccc32)s1. The molecule has 0 spiro atoms. The van der Waals surface area contributed by atoms with Gasteiger partial charge in [-0.15, -0.1) is 21.5 Å². The number of benzene rings is 1. The van der Waals surface area contributed by atoms with Crippen LogP contribution in [0.4, 0.5) is 0 Å². The average molecular weight is 259 g/mol. The van der Waals surface area contributed by atoms with Crippen LogP contribution in [0.25, 0.3) is 0 Å². The van der Waals surface area contributed by atoms with Crippen LogP contribution in [0.5, 0.6) is 0 Å². The van der Waals surface area contributed by atoms with Crippen molar-refractivity contribution in [2.75, 3.05) is 13.6 Å². The van der Waals surface area contributed by atoms with Gasteiger partial charge >= 0.3 is 0 Å². The summed E-state index contributed by atoms with van der Waals surface area (Å²) in [5.74, 6) is 0.497. The smallest absolute Gasteiger partial charge is 0.125 e. The van der Waals surface area contributed by atoms with E-state index in [0.717, 1.165) is 25.8 Å². The summed E-state index contributed by atoms with van der Waals surface area (Å²) >= 11 is 1.78. The number of hydrogen-bond acceptors (Lipinski definition) is 4. The van der Waals surface area contributed by atoms with Crippen molar-refractivity contribution >= 4 is 11.3 Å². The number of rotatable bonds is 5. The normalized spacial score (nSPS) is 17.3. The molecule has 0 saturated carbocycles. The quantitative estimate of drug-likeness (QED) is 0.838. The van der Waals surface area contributed by atoms with Gasteiger partial charge in [0.05, 0.1) is 0 Å². The van der Waals surface area contributed by atoms with Crippen molar-refractivity contribution in [2.45, 2.75) is 25.2 Å². The molecule has 1 aromatic heterocycles. The molecule has 3 nitrogen and oxygen atoms in total. The Balaban J connectivity index is 1.68. The fourth-order valence-corrected chi connectivity index (χ4v) is 3.41. The summed E-state index contributed by atoms with van der Waals surface area (Å²) in [5.41, 5.74) is 2.91. The number of nitrogens with zero attached hydrogens (tertiary/aromatic N) is 2. The van der Waals surface area contributed by atoms with Crippen LogP contribution in [0.1, 0.15) is 33.5 Å². The molecular formula is C14H17N3S. The topological polar surface area (TPSA) is 37.8 Å². The van der Waals surface area contributed by atoms with Gasteiger partial charge in [0.25, 0.3) is 0 Å². The zero-order valence-electron chi connectivity index (χ0n) is 10.5. The van der Waals surface area contributed by atoms with Crippen molar-refractivity contribution in [3.63, 3.8) is 0 Å². The second-order valence-corrected chi connectivity index (χ2v) is 5.79. The summed E-state index contributed by atoms with van der Waals surface area (Å²) in [4.78, 5) is 0. The summed E-state index contributed by atoms with van der Waals surface area (Å²) in [5, 5.41) is 14.2. The molecule has 0 radical (unpaired) electrons. The van der Waals surface area contributed by atoms with Crippen molar-refractivity contribution in [1.82, 2.24) is 15.5 Å². The first-order valence-electron chi connectivity index (χ1n) is 6.43. The molecule has 1 aliphatic rings. The number of nitrogens with one attached hydrogen (secondary N) is 1. The lowest BCUT2D eigenvalue weighted by Crippen LogP contribution is -2.17. The van der Waals surface area contributed by atoms with Crippen LogP contribution in [0.3, 0.4) is 0 Å². The highest BCUT2D eigenvalue weighted by atomic mass is 32.1. The molecule has 1 aliphatic carbocycles. The lowest BCUT2D eigenvalue weighted by atomic mass is 9.78. The van der Waals surface area contributed by atoms with Gasteiger partial charge in [-0.2, -0.15) is 0 Å². The van der Waals surface area contributed by atoms with E-state index in [-0.39, 0.29) is 0 Å². The first kappa shape index (κ1) is 11.8. The molecule has 94 valence electrons. The Morgan fingerprint density at radius 1 is 1.33 bits per heavy atom. The maximum atomic E-state index is 4.36. The minimum atomic E-state index is 0.497. The van der Waals surface area contributed by atoms with Gasteiger partial charge in [0.15, 0.2) is 0 Å².